The molecule has 0 amide bonds. The lowest BCUT2D eigenvalue weighted by Crippen LogP contribution is -2.17. The maximum Gasteiger partial charge on any atom is 0.308 e. The highest BCUT2D eigenvalue weighted by molar-refractivity contribution is 5.72. The molecule has 1 heterocycles. The van der Waals surface area contributed by atoms with Crippen LogP contribution in [0.1, 0.15) is 36.1 Å². The maximum absolute atomic E-state index is 14.3. The largest absolute Gasteiger partial charge is 0.497 e. The Labute approximate surface area is 187 Å². The van der Waals surface area contributed by atoms with E-state index in [2.05, 4.69) is 12.1 Å². The first kappa shape index (κ1) is 21.9. The Morgan fingerprint density at radius 1 is 1.09 bits per heavy atom. The number of methoxy groups -OCH3 is 2. The van der Waals surface area contributed by atoms with Gasteiger partial charge < -0.3 is 14.2 Å². The van der Waals surface area contributed by atoms with E-state index < -0.39 is 0 Å². The number of hydrogen-bond donors (Lipinski definition) is 0. The SMILES string of the molecule is COC(=O)[C@@H](C)Cc1ccc2c(c1)O[C@H](c1ccc(-c3cc(OC)ccc3F)cc1)CC2. The predicted molar refractivity (Wildman–Crippen MR) is 121 cm³/mol. The van der Waals surface area contributed by atoms with Gasteiger partial charge in [0.15, 0.2) is 0 Å². The second-order valence-electron chi connectivity index (χ2n) is 8.18. The molecule has 0 aromatic heterocycles. The normalized spacial score (nSPS) is 15.9. The minimum absolute atomic E-state index is 0.0695. The number of carbonyl (C=O) groups is 1. The summed E-state index contributed by atoms with van der Waals surface area (Å²) in [6.45, 7) is 1.86. The molecule has 4 rings (SSSR count). The molecule has 0 saturated carbocycles. The van der Waals surface area contributed by atoms with Crippen molar-refractivity contribution in [3.63, 3.8) is 0 Å². The Kier molecular flexibility index (Phi) is 6.45. The van der Waals surface area contributed by atoms with E-state index in [0.29, 0.717) is 17.7 Å². The number of benzene rings is 3. The highest BCUT2D eigenvalue weighted by Crippen LogP contribution is 2.37. The lowest BCUT2D eigenvalue weighted by atomic mass is 9.93. The Morgan fingerprint density at radius 2 is 1.88 bits per heavy atom. The van der Waals surface area contributed by atoms with Crippen molar-refractivity contribution in [3.8, 4) is 22.6 Å². The molecular weight excluding hydrogens is 407 g/mol. The molecule has 0 N–H and O–H groups in total. The van der Waals surface area contributed by atoms with Crippen LogP contribution >= 0.6 is 0 Å². The van der Waals surface area contributed by atoms with E-state index in [4.69, 9.17) is 14.2 Å². The first-order chi connectivity index (χ1) is 15.5. The third-order valence-corrected chi connectivity index (χ3v) is 5.99. The van der Waals surface area contributed by atoms with Gasteiger partial charge in [0.2, 0.25) is 0 Å². The molecule has 0 bridgehead atoms. The van der Waals surface area contributed by atoms with E-state index in [1.807, 2.05) is 37.3 Å². The minimum atomic E-state index is -0.282. The highest BCUT2D eigenvalue weighted by Gasteiger charge is 2.23. The van der Waals surface area contributed by atoms with E-state index in [1.54, 1.807) is 19.2 Å². The van der Waals surface area contributed by atoms with Crippen LogP contribution in [-0.4, -0.2) is 20.2 Å². The Balaban J connectivity index is 1.51. The lowest BCUT2D eigenvalue weighted by Gasteiger charge is -2.27. The Morgan fingerprint density at radius 3 is 2.59 bits per heavy atom. The van der Waals surface area contributed by atoms with Gasteiger partial charge in [0, 0.05) is 5.56 Å². The van der Waals surface area contributed by atoms with E-state index in [9.17, 15) is 9.18 Å². The van der Waals surface area contributed by atoms with Crippen molar-refractivity contribution in [2.24, 2.45) is 5.92 Å². The third kappa shape index (κ3) is 4.62. The molecule has 2 atom stereocenters. The molecule has 166 valence electrons. The molecule has 0 aliphatic carbocycles. The first-order valence-electron chi connectivity index (χ1n) is 10.8. The molecule has 5 heteroatoms. The van der Waals surface area contributed by atoms with Crippen LogP contribution in [-0.2, 0) is 22.4 Å². The zero-order valence-electron chi connectivity index (χ0n) is 18.6. The van der Waals surface area contributed by atoms with Gasteiger partial charge in [0.25, 0.3) is 0 Å². The summed E-state index contributed by atoms with van der Waals surface area (Å²) in [6.07, 6.45) is 2.33. The van der Waals surface area contributed by atoms with Gasteiger partial charge in [-0.2, -0.15) is 0 Å². The predicted octanol–water partition coefficient (Wildman–Crippen LogP) is 5.92. The average Bonchev–Trinajstić information content (AvgIpc) is 2.83. The summed E-state index contributed by atoms with van der Waals surface area (Å²) in [7, 11) is 2.98. The van der Waals surface area contributed by atoms with Crippen LogP contribution in [0.2, 0.25) is 0 Å². The van der Waals surface area contributed by atoms with Crippen molar-refractivity contribution in [1.82, 2.24) is 0 Å². The smallest absolute Gasteiger partial charge is 0.308 e. The first-order valence-corrected chi connectivity index (χ1v) is 10.8. The van der Waals surface area contributed by atoms with Crippen LogP contribution < -0.4 is 9.47 Å². The minimum Gasteiger partial charge on any atom is -0.497 e. The van der Waals surface area contributed by atoms with Crippen molar-refractivity contribution >= 4 is 5.97 Å². The maximum atomic E-state index is 14.3. The molecule has 0 radical (unpaired) electrons. The topological polar surface area (TPSA) is 44.8 Å². The quantitative estimate of drug-likeness (QED) is 0.452. The zero-order valence-corrected chi connectivity index (χ0v) is 18.6. The summed E-state index contributed by atoms with van der Waals surface area (Å²) < 4.78 is 30.7. The van der Waals surface area contributed by atoms with Gasteiger partial charge in [-0.25, -0.2) is 4.39 Å². The van der Waals surface area contributed by atoms with E-state index in [-0.39, 0.29) is 23.8 Å². The van der Waals surface area contributed by atoms with Crippen LogP contribution in [0.15, 0.2) is 60.7 Å². The number of esters is 1. The molecule has 0 saturated heterocycles. The third-order valence-electron chi connectivity index (χ3n) is 5.99. The van der Waals surface area contributed by atoms with Gasteiger partial charge >= 0.3 is 5.97 Å². The van der Waals surface area contributed by atoms with Crippen molar-refractivity contribution in [3.05, 3.63) is 83.2 Å². The standard InChI is InChI=1S/C27H27FO4/c1-17(27(29)31-3)14-18-4-5-21-10-13-25(32-26(21)15-18)20-8-6-19(7-9-20)23-16-22(30-2)11-12-24(23)28/h4-9,11-12,15-17,25H,10,13-14H2,1-3H3/t17-,25-/m0/s1. The molecule has 0 unspecified atom stereocenters. The monoisotopic (exact) mass is 434 g/mol. The van der Waals surface area contributed by atoms with Gasteiger partial charge in [-0.15, -0.1) is 0 Å². The molecule has 3 aromatic rings. The van der Waals surface area contributed by atoms with Gasteiger partial charge in [0.1, 0.15) is 23.4 Å². The lowest BCUT2D eigenvalue weighted by molar-refractivity contribution is -0.144. The Hall–Kier alpha value is -3.34. The molecule has 3 aromatic carbocycles. The molecule has 1 aliphatic rings. The summed E-state index contributed by atoms with van der Waals surface area (Å²) in [6, 6.07) is 18.7. The summed E-state index contributed by atoms with van der Waals surface area (Å²) in [5.74, 6) is 0.778. The van der Waals surface area contributed by atoms with Gasteiger partial charge in [0.05, 0.1) is 20.1 Å². The molecule has 0 fully saturated rings. The van der Waals surface area contributed by atoms with Crippen LogP contribution in [0, 0.1) is 11.7 Å². The second kappa shape index (κ2) is 9.43. The molecule has 0 spiro atoms. The average molecular weight is 435 g/mol. The molecular formula is C27H27FO4. The van der Waals surface area contributed by atoms with Gasteiger partial charge in [-0.1, -0.05) is 43.3 Å². The number of hydrogen-bond acceptors (Lipinski definition) is 4. The van der Waals surface area contributed by atoms with Crippen molar-refractivity contribution in [2.75, 3.05) is 14.2 Å². The van der Waals surface area contributed by atoms with Crippen LogP contribution in [0.25, 0.3) is 11.1 Å². The fourth-order valence-corrected chi connectivity index (χ4v) is 4.14. The fourth-order valence-electron chi connectivity index (χ4n) is 4.14. The van der Waals surface area contributed by atoms with E-state index in [0.717, 1.165) is 35.3 Å². The number of fused-ring (bicyclic) bond motifs is 1. The van der Waals surface area contributed by atoms with Crippen LogP contribution in [0.3, 0.4) is 0 Å². The number of ether oxygens (including phenoxy) is 3. The van der Waals surface area contributed by atoms with Crippen molar-refractivity contribution in [1.29, 1.82) is 0 Å². The van der Waals surface area contributed by atoms with Crippen LogP contribution in [0.4, 0.5) is 4.39 Å². The Bertz CT molecular complexity index is 1110. The van der Waals surface area contributed by atoms with Crippen molar-refractivity contribution in [2.45, 2.75) is 32.3 Å². The zero-order chi connectivity index (χ0) is 22.7. The van der Waals surface area contributed by atoms with Crippen molar-refractivity contribution < 1.29 is 23.4 Å². The second-order valence-corrected chi connectivity index (χ2v) is 8.18. The van der Waals surface area contributed by atoms with Gasteiger partial charge in [-0.05, 0) is 65.8 Å². The number of carbonyl (C=O) groups excluding carboxylic acids is 1. The fraction of sp³-hybridized carbons (Fsp3) is 0.296. The van der Waals surface area contributed by atoms with E-state index in [1.165, 1.54) is 18.7 Å². The summed E-state index contributed by atoms with van der Waals surface area (Å²) in [4.78, 5) is 11.7. The van der Waals surface area contributed by atoms with E-state index >= 15 is 0 Å². The molecule has 1 aliphatic heterocycles. The summed E-state index contributed by atoms with van der Waals surface area (Å²) in [5, 5.41) is 0. The molecule has 32 heavy (non-hydrogen) atoms. The highest BCUT2D eigenvalue weighted by atomic mass is 19.1. The molecule has 4 nitrogen and oxygen atoms in total. The summed E-state index contributed by atoms with van der Waals surface area (Å²) in [5.41, 5.74) is 4.57. The number of aryl methyl sites for hydroxylation is 1. The number of halogens is 1. The van der Waals surface area contributed by atoms with Gasteiger partial charge in [-0.3, -0.25) is 4.79 Å². The van der Waals surface area contributed by atoms with Crippen LogP contribution in [0.5, 0.6) is 11.5 Å². The summed E-state index contributed by atoms with van der Waals surface area (Å²) >= 11 is 0. The number of rotatable bonds is 6.